The molecule has 0 spiro atoms. The first-order chi connectivity index (χ1) is 8.08. The molecule has 1 aliphatic rings. The molecular formula is C10H12BrClN4O. The highest BCUT2D eigenvalue weighted by Gasteiger charge is 2.21. The van der Waals surface area contributed by atoms with E-state index in [4.69, 9.17) is 11.6 Å². The summed E-state index contributed by atoms with van der Waals surface area (Å²) in [6.45, 7) is 1.87. The SMILES string of the molecule is CN1CCCN(c2nc(Cl)ncc2Br)CC1=O. The van der Waals surface area contributed by atoms with Gasteiger partial charge in [0.2, 0.25) is 11.2 Å². The van der Waals surface area contributed by atoms with Crippen molar-refractivity contribution in [2.24, 2.45) is 0 Å². The van der Waals surface area contributed by atoms with Gasteiger partial charge in [-0.1, -0.05) is 0 Å². The van der Waals surface area contributed by atoms with Crippen molar-refractivity contribution in [1.82, 2.24) is 14.9 Å². The van der Waals surface area contributed by atoms with E-state index in [1.54, 1.807) is 11.1 Å². The van der Waals surface area contributed by atoms with E-state index in [1.165, 1.54) is 0 Å². The van der Waals surface area contributed by atoms with Crippen LogP contribution < -0.4 is 4.90 Å². The van der Waals surface area contributed by atoms with E-state index < -0.39 is 0 Å². The summed E-state index contributed by atoms with van der Waals surface area (Å²) in [6, 6.07) is 0. The van der Waals surface area contributed by atoms with Crippen LogP contribution in [0.15, 0.2) is 10.7 Å². The van der Waals surface area contributed by atoms with Crippen LogP contribution in [0.1, 0.15) is 6.42 Å². The quantitative estimate of drug-likeness (QED) is 0.737. The van der Waals surface area contributed by atoms with Gasteiger partial charge >= 0.3 is 0 Å². The van der Waals surface area contributed by atoms with Gasteiger partial charge in [0.1, 0.15) is 5.82 Å². The van der Waals surface area contributed by atoms with Crippen molar-refractivity contribution in [1.29, 1.82) is 0 Å². The summed E-state index contributed by atoms with van der Waals surface area (Å²) in [6.07, 6.45) is 2.51. The summed E-state index contributed by atoms with van der Waals surface area (Å²) < 4.78 is 0.749. The number of hydrogen-bond acceptors (Lipinski definition) is 4. The van der Waals surface area contributed by atoms with Crippen LogP contribution >= 0.6 is 27.5 Å². The average molecular weight is 320 g/mol. The van der Waals surface area contributed by atoms with Crippen molar-refractivity contribution in [2.75, 3.05) is 31.6 Å². The van der Waals surface area contributed by atoms with Gasteiger partial charge in [-0.15, -0.1) is 0 Å². The second-order valence-electron chi connectivity index (χ2n) is 3.90. The van der Waals surface area contributed by atoms with Crippen LogP contribution in [0.5, 0.6) is 0 Å². The maximum atomic E-state index is 11.8. The highest BCUT2D eigenvalue weighted by Crippen LogP contribution is 2.25. The molecule has 0 N–H and O–H groups in total. The molecular weight excluding hydrogens is 307 g/mol. The molecule has 0 atom stereocenters. The fraction of sp³-hybridized carbons (Fsp3) is 0.500. The van der Waals surface area contributed by atoms with E-state index in [2.05, 4.69) is 25.9 Å². The normalized spacial score (nSPS) is 17.2. The third-order valence-electron chi connectivity index (χ3n) is 2.67. The Labute approximate surface area is 113 Å². The summed E-state index contributed by atoms with van der Waals surface area (Å²) in [5.74, 6) is 0.762. The molecule has 2 heterocycles. The third-order valence-corrected chi connectivity index (χ3v) is 3.41. The molecule has 7 heteroatoms. The summed E-state index contributed by atoms with van der Waals surface area (Å²) in [5, 5.41) is 0.188. The van der Waals surface area contributed by atoms with E-state index in [-0.39, 0.29) is 11.2 Å². The first-order valence-electron chi connectivity index (χ1n) is 5.25. The van der Waals surface area contributed by atoms with Gasteiger partial charge in [-0.3, -0.25) is 4.79 Å². The minimum atomic E-state index is 0.0872. The maximum Gasteiger partial charge on any atom is 0.241 e. The van der Waals surface area contributed by atoms with Crippen molar-refractivity contribution in [2.45, 2.75) is 6.42 Å². The number of rotatable bonds is 1. The van der Waals surface area contributed by atoms with Gasteiger partial charge in [-0.25, -0.2) is 4.98 Å². The number of nitrogens with zero attached hydrogens (tertiary/aromatic N) is 4. The number of likely N-dealkylation sites (N-methyl/N-ethyl adjacent to an activating group) is 1. The summed E-state index contributed by atoms with van der Waals surface area (Å²) >= 11 is 9.15. The molecule has 1 amide bonds. The third kappa shape index (κ3) is 2.87. The summed E-state index contributed by atoms with van der Waals surface area (Å²) in [5.41, 5.74) is 0. The van der Waals surface area contributed by atoms with Crippen molar-refractivity contribution < 1.29 is 4.79 Å². The van der Waals surface area contributed by atoms with E-state index >= 15 is 0 Å². The molecule has 1 aromatic heterocycles. The highest BCUT2D eigenvalue weighted by atomic mass is 79.9. The maximum absolute atomic E-state index is 11.8. The predicted molar refractivity (Wildman–Crippen MR) is 69.2 cm³/mol. The Hall–Kier alpha value is -0.880. The molecule has 1 saturated heterocycles. The zero-order chi connectivity index (χ0) is 12.4. The van der Waals surface area contributed by atoms with Crippen molar-refractivity contribution in [3.05, 3.63) is 16.0 Å². The van der Waals surface area contributed by atoms with Gasteiger partial charge in [-0.05, 0) is 34.0 Å². The fourth-order valence-corrected chi connectivity index (χ4v) is 2.30. The van der Waals surface area contributed by atoms with Crippen LogP contribution in [0, 0.1) is 0 Å². The van der Waals surface area contributed by atoms with E-state index in [1.807, 2.05) is 11.9 Å². The first-order valence-corrected chi connectivity index (χ1v) is 6.42. The lowest BCUT2D eigenvalue weighted by Gasteiger charge is -2.21. The Morgan fingerprint density at radius 3 is 3.00 bits per heavy atom. The smallest absolute Gasteiger partial charge is 0.241 e. The average Bonchev–Trinajstić information content (AvgIpc) is 2.45. The van der Waals surface area contributed by atoms with Gasteiger partial charge in [0.25, 0.3) is 0 Å². The molecule has 0 unspecified atom stereocenters. The minimum Gasteiger partial charge on any atom is -0.346 e. The lowest BCUT2D eigenvalue weighted by atomic mass is 10.4. The van der Waals surface area contributed by atoms with Crippen LogP contribution in [-0.4, -0.2) is 47.5 Å². The Balaban J connectivity index is 2.26. The Kier molecular flexibility index (Phi) is 3.83. The van der Waals surface area contributed by atoms with Crippen molar-refractivity contribution >= 4 is 39.3 Å². The first kappa shape index (κ1) is 12.6. The largest absolute Gasteiger partial charge is 0.346 e. The lowest BCUT2D eigenvalue weighted by Crippen LogP contribution is -2.34. The molecule has 0 bridgehead atoms. The van der Waals surface area contributed by atoms with Gasteiger partial charge in [0.05, 0.1) is 11.0 Å². The second-order valence-corrected chi connectivity index (χ2v) is 5.09. The molecule has 0 radical (unpaired) electrons. The van der Waals surface area contributed by atoms with Crippen LogP contribution in [0.2, 0.25) is 5.28 Å². The Morgan fingerprint density at radius 1 is 1.47 bits per heavy atom. The zero-order valence-corrected chi connectivity index (χ0v) is 11.7. The van der Waals surface area contributed by atoms with Gasteiger partial charge in [-0.2, -0.15) is 4.98 Å². The molecule has 0 aliphatic carbocycles. The summed E-state index contributed by atoms with van der Waals surface area (Å²) in [4.78, 5) is 23.5. The van der Waals surface area contributed by atoms with E-state index in [0.29, 0.717) is 12.4 Å². The molecule has 5 nitrogen and oxygen atoms in total. The van der Waals surface area contributed by atoms with Crippen LogP contribution in [0.3, 0.4) is 0 Å². The molecule has 17 heavy (non-hydrogen) atoms. The monoisotopic (exact) mass is 318 g/mol. The molecule has 1 fully saturated rings. The topological polar surface area (TPSA) is 49.3 Å². The molecule has 92 valence electrons. The number of hydrogen-bond donors (Lipinski definition) is 0. The van der Waals surface area contributed by atoms with Crippen LogP contribution in [-0.2, 0) is 4.79 Å². The Morgan fingerprint density at radius 2 is 2.24 bits per heavy atom. The Bertz CT molecular complexity index is 442. The number of amides is 1. The fourth-order valence-electron chi connectivity index (χ4n) is 1.73. The number of aromatic nitrogens is 2. The minimum absolute atomic E-state index is 0.0872. The molecule has 1 aromatic rings. The second kappa shape index (κ2) is 5.18. The van der Waals surface area contributed by atoms with E-state index in [0.717, 1.165) is 24.0 Å². The van der Waals surface area contributed by atoms with Gasteiger partial charge < -0.3 is 9.80 Å². The molecule has 1 aliphatic heterocycles. The van der Waals surface area contributed by atoms with Crippen molar-refractivity contribution in [3.8, 4) is 0 Å². The standard InChI is InChI=1S/C10H12BrClN4O/c1-15-3-2-4-16(6-8(15)17)9-7(11)5-13-10(12)14-9/h5H,2-4,6H2,1H3. The van der Waals surface area contributed by atoms with Gasteiger partial charge in [0, 0.05) is 26.3 Å². The number of anilines is 1. The lowest BCUT2D eigenvalue weighted by molar-refractivity contribution is -0.127. The number of halogens is 2. The van der Waals surface area contributed by atoms with Crippen LogP contribution in [0.4, 0.5) is 5.82 Å². The van der Waals surface area contributed by atoms with Crippen LogP contribution in [0.25, 0.3) is 0 Å². The highest BCUT2D eigenvalue weighted by molar-refractivity contribution is 9.10. The number of carbonyl (C=O) groups is 1. The van der Waals surface area contributed by atoms with Crippen molar-refractivity contribution in [3.63, 3.8) is 0 Å². The molecule has 2 rings (SSSR count). The van der Waals surface area contributed by atoms with E-state index in [9.17, 15) is 4.79 Å². The zero-order valence-electron chi connectivity index (χ0n) is 9.36. The summed E-state index contributed by atoms with van der Waals surface area (Å²) in [7, 11) is 1.81. The number of carbonyl (C=O) groups excluding carboxylic acids is 1. The predicted octanol–water partition coefficient (Wildman–Crippen LogP) is 1.56. The molecule has 0 saturated carbocycles. The molecule has 0 aromatic carbocycles. The van der Waals surface area contributed by atoms with Gasteiger partial charge in [0.15, 0.2) is 0 Å².